The van der Waals surface area contributed by atoms with E-state index in [0.29, 0.717) is 4.96 Å². The maximum atomic E-state index is 12.1. The summed E-state index contributed by atoms with van der Waals surface area (Å²) in [7, 11) is 0. The number of rotatable bonds is 4. The first kappa shape index (κ1) is 20.7. The third-order valence-corrected chi connectivity index (χ3v) is 6.12. The molecule has 1 saturated heterocycles. The normalized spacial score (nSPS) is 17.3. The predicted molar refractivity (Wildman–Crippen MR) is 112 cm³/mol. The van der Waals surface area contributed by atoms with Gasteiger partial charge in [0.05, 0.1) is 4.88 Å². The Kier molecular flexibility index (Phi) is 5.46. The van der Waals surface area contributed by atoms with Crippen LogP contribution in [0.25, 0.3) is 4.96 Å². The van der Waals surface area contributed by atoms with Crippen LogP contribution in [0.5, 0.6) is 5.88 Å². The summed E-state index contributed by atoms with van der Waals surface area (Å²) in [5.74, 6) is 1.67. The summed E-state index contributed by atoms with van der Waals surface area (Å²) in [5, 5.41) is 17.8. The number of aromatic nitrogens is 3. The number of fused-ring (bicyclic) bond motifs is 1. The van der Waals surface area contributed by atoms with Gasteiger partial charge in [-0.2, -0.15) is 9.61 Å². The fraction of sp³-hybridized carbons (Fsp3) is 0.550. The SMILES string of the molecule is Cc1ccc([C@@H](c2sc3ncnn3c2O)N2CCC(NC(=O)OC(C)(C)C)CC2)o1. The number of nitrogens with one attached hydrogen (secondary N) is 1. The number of hydrogen-bond donors (Lipinski definition) is 2. The summed E-state index contributed by atoms with van der Waals surface area (Å²) < 4.78 is 12.8. The molecule has 2 N–H and O–H groups in total. The van der Waals surface area contributed by atoms with E-state index in [1.165, 1.54) is 22.2 Å². The van der Waals surface area contributed by atoms with E-state index in [0.717, 1.165) is 42.3 Å². The van der Waals surface area contributed by atoms with Crippen molar-refractivity contribution in [1.29, 1.82) is 0 Å². The second kappa shape index (κ2) is 7.92. The van der Waals surface area contributed by atoms with Crippen molar-refractivity contribution in [2.75, 3.05) is 13.1 Å². The molecule has 1 fully saturated rings. The number of ether oxygens (including phenoxy) is 1. The Bertz CT molecular complexity index is 1030. The van der Waals surface area contributed by atoms with Crippen LogP contribution in [0.3, 0.4) is 0 Å². The second-order valence-electron chi connectivity index (χ2n) is 8.55. The maximum absolute atomic E-state index is 12.1. The second-order valence-corrected chi connectivity index (χ2v) is 9.56. The molecule has 0 aliphatic carbocycles. The fourth-order valence-corrected chi connectivity index (χ4v) is 4.80. The summed E-state index contributed by atoms with van der Waals surface area (Å²) in [6.45, 7) is 8.93. The molecule has 0 aromatic carbocycles. The number of alkyl carbamates (subject to hydrolysis) is 1. The van der Waals surface area contributed by atoms with Crippen LogP contribution in [-0.4, -0.2) is 55.4 Å². The number of amides is 1. The molecule has 30 heavy (non-hydrogen) atoms. The highest BCUT2D eigenvalue weighted by Crippen LogP contribution is 2.41. The molecule has 0 saturated carbocycles. The van der Waals surface area contributed by atoms with Crippen LogP contribution in [0.15, 0.2) is 22.9 Å². The van der Waals surface area contributed by atoms with Crippen LogP contribution in [0.2, 0.25) is 0 Å². The van der Waals surface area contributed by atoms with Crippen molar-refractivity contribution in [2.45, 2.75) is 58.2 Å². The van der Waals surface area contributed by atoms with Crippen molar-refractivity contribution in [3.8, 4) is 5.88 Å². The Balaban J connectivity index is 1.51. The molecule has 3 aromatic rings. The predicted octanol–water partition coefficient (Wildman–Crippen LogP) is 3.48. The van der Waals surface area contributed by atoms with Crippen molar-refractivity contribution in [1.82, 2.24) is 24.8 Å². The van der Waals surface area contributed by atoms with Crippen LogP contribution in [-0.2, 0) is 4.74 Å². The standard InChI is InChI=1S/C20H27N5O4S/c1-12-5-6-14(28-12)15(16-17(26)25-18(30-16)21-11-22-25)24-9-7-13(8-10-24)23-19(27)29-20(2,3)4/h5-6,11,13,15,26H,7-10H2,1-4H3,(H,23,27)/t15-/m0/s1. The van der Waals surface area contributed by atoms with E-state index < -0.39 is 5.60 Å². The molecule has 1 amide bonds. The molecule has 10 heteroatoms. The van der Waals surface area contributed by atoms with Crippen LogP contribution >= 0.6 is 11.3 Å². The van der Waals surface area contributed by atoms with Gasteiger partial charge in [-0.05, 0) is 52.7 Å². The van der Waals surface area contributed by atoms with Crippen molar-refractivity contribution < 1.29 is 19.1 Å². The molecule has 1 aliphatic rings. The Hall–Kier alpha value is -2.59. The van der Waals surface area contributed by atoms with Gasteiger partial charge >= 0.3 is 6.09 Å². The molecule has 0 radical (unpaired) electrons. The zero-order valence-electron chi connectivity index (χ0n) is 17.6. The number of aryl methyl sites for hydroxylation is 1. The van der Waals surface area contributed by atoms with Crippen molar-refractivity contribution in [3.05, 3.63) is 34.9 Å². The van der Waals surface area contributed by atoms with Gasteiger partial charge in [0.1, 0.15) is 29.5 Å². The lowest BCUT2D eigenvalue weighted by atomic mass is 10.0. The third kappa shape index (κ3) is 4.29. The van der Waals surface area contributed by atoms with Crippen molar-refractivity contribution in [3.63, 3.8) is 0 Å². The Morgan fingerprint density at radius 3 is 2.70 bits per heavy atom. The lowest BCUT2D eigenvalue weighted by Gasteiger charge is -2.36. The molecule has 1 atom stereocenters. The van der Waals surface area contributed by atoms with E-state index in [-0.39, 0.29) is 24.1 Å². The Morgan fingerprint density at radius 2 is 2.10 bits per heavy atom. The fourth-order valence-electron chi connectivity index (χ4n) is 3.72. The van der Waals surface area contributed by atoms with E-state index >= 15 is 0 Å². The first-order chi connectivity index (χ1) is 14.2. The molecule has 3 aromatic heterocycles. The lowest BCUT2D eigenvalue weighted by molar-refractivity contribution is 0.0470. The molecular weight excluding hydrogens is 406 g/mol. The molecule has 9 nitrogen and oxygen atoms in total. The average molecular weight is 434 g/mol. The van der Waals surface area contributed by atoms with Gasteiger partial charge in [-0.1, -0.05) is 11.3 Å². The topological polar surface area (TPSA) is 105 Å². The summed E-state index contributed by atoms with van der Waals surface area (Å²) in [6.07, 6.45) is 2.59. The number of nitrogens with zero attached hydrogens (tertiary/aromatic N) is 4. The summed E-state index contributed by atoms with van der Waals surface area (Å²) in [6, 6.07) is 3.67. The molecule has 0 bridgehead atoms. The average Bonchev–Trinajstić information content (AvgIpc) is 3.35. The lowest BCUT2D eigenvalue weighted by Crippen LogP contribution is -2.47. The van der Waals surface area contributed by atoms with Gasteiger partial charge in [-0.25, -0.2) is 9.78 Å². The largest absolute Gasteiger partial charge is 0.492 e. The van der Waals surface area contributed by atoms with Gasteiger partial charge in [0.25, 0.3) is 0 Å². The van der Waals surface area contributed by atoms with Crippen LogP contribution < -0.4 is 5.32 Å². The minimum absolute atomic E-state index is 0.0472. The summed E-state index contributed by atoms with van der Waals surface area (Å²) in [5.41, 5.74) is -0.519. The number of likely N-dealkylation sites (tertiary alicyclic amines) is 1. The zero-order valence-corrected chi connectivity index (χ0v) is 18.4. The van der Waals surface area contributed by atoms with Gasteiger partial charge in [0, 0.05) is 19.1 Å². The van der Waals surface area contributed by atoms with Gasteiger partial charge in [-0.15, -0.1) is 0 Å². The molecule has 1 aliphatic heterocycles. The Morgan fingerprint density at radius 1 is 1.37 bits per heavy atom. The molecule has 4 rings (SSSR count). The first-order valence-corrected chi connectivity index (χ1v) is 10.8. The van der Waals surface area contributed by atoms with Crippen molar-refractivity contribution >= 4 is 22.4 Å². The molecule has 4 heterocycles. The minimum Gasteiger partial charge on any atom is -0.492 e. The number of piperidine rings is 1. The van der Waals surface area contributed by atoms with Crippen LogP contribution in [0.1, 0.15) is 56.1 Å². The van der Waals surface area contributed by atoms with Gasteiger partial charge < -0.3 is 19.6 Å². The number of hydrogen-bond acceptors (Lipinski definition) is 8. The maximum Gasteiger partial charge on any atom is 0.407 e. The number of furan rings is 1. The quantitative estimate of drug-likeness (QED) is 0.649. The molecular formula is C20H27N5O4S. The highest BCUT2D eigenvalue weighted by molar-refractivity contribution is 7.17. The summed E-state index contributed by atoms with van der Waals surface area (Å²) in [4.78, 5) is 19.9. The molecule has 162 valence electrons. The first-order valence-electron chi connectivity index (χ1n) is 10.0. The highest BCUT2D eigenvalue weighted by Gasteiger charge is 2.34. The molecule has 0 spiro atoms. The highest BCUT2D eigenvalue weighted by atomic mass is 32.1. The number of thiazole rings is 1. The third-order valence-electron chi connectivity index (χ3n) is 5.03. The van der Waals surface area contributed by atoms with Gasteiger partial charge in [0.2, 0.25) is 10.8 Å². The Labute approximate surface area is 178 Å². The number of carbonyl (C=O) groups excluding carboxylic acids is 1. The zero-order chi connectivity index (χ0) is 21.5. The smallest absolute Gasteiger partial charge is 0.407 e. The van der Waals surface area contributed by atoms with Crippen LogP contribution in [0, 0.1) is 6.92 Å². The van der Waals surface area contributed by atoms with Gasteiger partial charge in [0.15, 0.2) is 0 Å². The van der Waals surface area contributed by atoms with E-state index in [1.54, 1.807) is 0 Å². The summed E-state index contributed by atoms with van der Waals surface area (Å²) >= 11 is 1.40. The van der Waals surface area contributed by atoms with E-state index in [1.807, 2.05) is 39.8 Å². The monoisotopic (exact) mass is 433 g/mol. The minimum atomic E-state index is -0.519. The molecule has 0 unspecified atom stereocenters. The van der Waals surface area contributed by atoms with E-state index in [9.17, 15) is 9.90 Å². The van der Waals surface area contributed by atoms with Crippen LogP contribution in [0.4, 0.5) is 4.79 Å². The van der Waals surface area contributed by atoms with Crippen molar-refractivity contribution in [2.24, 2.45) is 0 Å². The van der Waals surface area contributed by atoms with E-state index in [2.05, 4.69) is 20.3 Å². The van der Waals surface area contributed by atoms with E-state index in [4.69, 9.17) is 9.15 Å². The van der Waals surface area contributed by atoms with Gasteiger partial charge in [-0.3, -0.25) is 4.90 Å². The number of aromatic hydroxyl groups is 1. The number of carbonyl (C=O) groups is 1.